The average Bonchev–Trinajstić information content (AvgIpc) is 2.44. The van der Waals surface area contributed by atoms with Gasteiger partial charge in [-0.1, -0.05) is 0 Å². The topological polar surface area (TPSA) is 78.0 Å². The largest absolute Gasteiger partial charge is 0.373 e. The molecule has 8 heteroatoms. The standard InChI is InChI=1S/C18H37N5O2.HI/c1-13-10-23(11-14(2)25-13)18(6,7)12-21-16(19-8)20-9-15(24)22-17(3,4)5;/h13-14H,9-12H2,1-8H3,(H,22,24)(H2,19,20,21);1H. The van der Waals surface area contributed by atoms with E-state index in [2.05, 4.69) is 53.5 Å². The number of halogens is 1. The molecule has 1 fully saturated rings. The maximum Gasteiger partial charge on any atom is 0.239 e. The molecule has 2 unspecified atom stereocenters. The smallest absolute Gasteiger partial charge is 0.239 e. The second-order valence-electron chi connectivity index (χ2n) is 8.55. The molecule has 154 valence electrons. The van der Waals surface area contributed by atoms with Gasteiger partial charge >= 0.3 is 0 Å². The first-order valence-corrected chi connectivity index (χ1v) is 9.09. The van der Waals surface area contributed by atoms with Gasteiger partial charge < -0.3 is 20.7 Å². The molecule has 0 aromatic rings. The van der Waals surface area contributed by atoms with Crippen LogP contribution in [-0.2, 0) is 9.53 Å². The van der Waals surface area contributed by atoms with Crippen molar-refractivity contribution < 1.29 is 9.53 Å². The van der Waals surface area contributed by atoms with Crippen LogP contribution >= 0.6 is 24.0 Å². The number of nitrogens with zero attached hydrogens (tertiary/aromatic N) is 2. The van der Waals surface area contributed by atoms with Crippen LogP contribution < -0.4 is 16.0 Å². The van der Waals surface area contributed by atoms with Gasteiger partial charge in [0.15, 0.2) is 5.96 Å². The van der Waals surface area contributed by atoms with Crippen LogP contribution in [0.1, 0.15) is 48.5 Å². The SMILES string of the molecule is CN=C(NCC(=O)NC(C)(C)C)NCC(C)(C)N1CC(C)OC(C)C1.I. The van der Waals surface area contributed by atoms with Gasteiger partial charge in [-0.05, 0) is 48.5 Å². The maximum absolute atomic E-state index is 11.9. The van der Waals surface area contributed by atoms with Gasteiger partial charge in [-0.3, -0.25) is 14.7 Å². The number of aliphatic imine (C=N–C) groups is 1. The summed E-state index contributed by atoms with van der Waals surface area (Å²) >= 11 is 0. The number of carbonyl (C=O) groups is 1. The van der Waals surface area contributed by atoms with Gasteiger partial charge in [0.1, 0.15) is 0 Å². The summed E-state index contributed by atoms with van der Waals surface area (Å²) in [7, 11) is 1.71. The van der Waals surface area contributed by atoms with Gasteiger partial charge in [0, 0.05) is 37.8 Å². The van der Waals surface area contributed by atoms with E-state index < -0.39 is 0 Å². The van der Waals surface area contributed by atoms with E-state index in [1.807, 2.05) is 20.8 Å². The van der Waals surface area contributed by atoms with Crippen LogP contribution in [0.4, 0.5) is 0 Å². The van der Waals surface area contributed by atoms with Crippen LogP contribution in [0.2, 0.25) is 0 Å². The Hall–Kier alpha value is -0.610. The van der Waals surface area contributed by atoms with E-state index >= 15 is 0 Å². The summed E-state index contributed by atoms with van der Waals surface area (Å²) < 4.78 is 5.82. The van der Waals surface area contributed by atoms with E-state index in [1.54, 1.807) is 7.05 Å². The first-order valence-electron chi connectivity index (χ1n) is 9.09. The zero-order valence-corrected chi connectivity index (χ0v) is 19.9. The highest BCUT2D eigenvalue weighted by Crippen LogP contribution is 2.20. The van der Waals surface area contributed by atoms with Crippen molar-refractivity contribution in [3.63, 3.8) is 0 Å². The molecular weight excluding hydrogens is 445 g/mol. The van der Waals surface area contributed by atoms with Crippen LogP contribution in [0.15, 0.2) is 4.99 Å². The third-order valence-corrected chi connectivity index (χ3v) is 4.12. The zero-order chi connectivity index (χ0) is 19.3. The number of carbonyl (C=O) groups excluding carboxylic acids is 1. The van der Waals surface area contributed by atoms with Crippen LogP contribution in [0.5, 0.6) is 0 Å². The third kappa shape index (κ3) is 9.36. The van der Waals surface area contributed by atoms with Crippen LogP contribution in [0, 0.1) is 0 Å². The Morgan fingerprint density at radius 1 is 1.12 bits per heavy atom. The summed E-state index contributed by atoms with van der Waals surface area (Å²) in [5.41, 5.74) is -0.279. The fourth-order valence-electron chi connectivity index (χ4n) is 2.93. The summed E-state index contributed by atoms with van der Waals surface area (Å²) in [4.78, 5) is 18.6. The fraction of sp³-hybridized carbons (Fsp3) is 0.889. The molecule has 0 spiro atoms. The van der Waals surface area contributed by atoms with Gasteiger partial charge in [0.25, 0.3) is 0 Å². The monoisotopic (exact) mass is 483 g/mol. The van der Waals surface area contributed by atoms with Crippen molar-refractivity contribution in [3.05, 3.63) is 0 Å². The Kier molecular flexibility index (Phi) is 10.4. The van der Waals surface area contributed by atoms with E-state index in [0.717, 1.165) is 19.6 Å². The molecule has 7 nitrogen and oxygen atoms in total. The predicted molar refractivity (Wildman–Crippen MR) is 118 cm³/mol. The van der Waals surface area contributed by atoms with Gasteiger partial charge in [-0.25, -0.2) is 0 Å². The quantitative estimate of drug-likeness (QED) is 0.315. The molecule has 0 bridgehead atoms. The third-order valence-electron chi connectivity index (χ3n) is 4.12. The van der Waals surface area contributed by atoms with E-state index in [9.17, 15) is 4.79 Å². The molecule has 0 radical (unpaired) electrons. The highest BCUT2D eigenvalue weighted by molar-refractivity contribution is 14.0. The fourth-order valence-corrected chi connectivity index (χ4v) is 2.93. The molecule has 1 amide bonds. The number of ether oxygens (including phenoxy) is 1. The van der Waals surface area contributed by atoms with Gasteiger partial charge in [0.2, 0.25) is 5.91 Å². The predicted octanol–water partition coefficient (Wildman–Crippen LogP) is 1.57. The molecule has 1 saturated heterocycles. The molecule has 1 heterocycles. The van der Waals surface area contributed by atoms with Crippen molar-refractivity contribution in [2.24, 2.45) is 4.99 Å². The van der Waals surface area contributed by atoms with Crippen molar-refractivity contribution in [1.82, 2.24) is 20.9 Å². The summed E-state index contributed by atoms with van der Waals surface area (Å²) in [6.45, 7) is 17.3. The number of hydrogen-bond acceptors (Lipinski definition) is 4. The lowest BCUT2D eigenvalue weighted by atomic mass is 10.00. The molecule has 1 rings (SSSR count). The normalized spacial score (nSPS) is 22.4. The van der Waals surface area contributed by atoms with Crippen molar-refractivity contribution in [1.29, 1.82) is 0 Å². The summed E-state index contributed by atoms with van der Waals surface area (Å²) in [5, 5.41) is 9.33. The highest BCUT2D eigenvalue weighted by atomic mass is 127. The molecule has 1 aliphatic heterocycles. The lowest BCUT2D eigenvalue weighted by molar-refractivity contribution is -0.121. The Balaban J connectivity index is 0.00000625. The minimum absolute atomic E-state index is 0. The van der Waals surface area contributed by atoms with E-state index in [0.29, 0.717) is 5.96 Å². The molecule has 0 aliphatic carbocycles. The minimum atomic E-state index is -0.235. The van der Waals surface area contributed by atoms with Crippen molar-refractivity contribution in [2.45, 2.75) is 71.8 Å². The van der Waals surface area contributed by atoms with E-state index in [1.165, 1.54) is 0 Å². The van der Waals surface area contributed by atoms with Crippen LogP contribution in [-0.4, -0.2) is 73.3 Å². The minimum Gasteiger partial charge on any atom is -0.373 e. The average molecular weight is 483 g/mol. The first-order chi connectivity index (χ1) is 11.4. The van der Waals surface area contributed by atoms with Crippen LogP contribution in [0.25, 0.3) is 0 Å². The second kappa shape index (κ2) is 10.7. The summed E-state index contributed by atoms with van der Waals surface area (Å²) in [6.07, 6.45) is 0.475. The number of morpholine rings is 1. The lowest BCUT2D eigenvalue weighted by Crippen LogP contribution is -2.59. The molecule has 0 aromatic heterocycles. The van der Waals surface area contributed by atoms with E-state index in [-0.39, 0.29) is 59.7 Å². The van der Waals surface area contributed by atoms with Crippen LogP contribution in [0.3, 0.4) is 0 Å². The number of rotatable bonds is 5. The highest BCUT2D eigenvalue weighted by Gasteiger charge is 2.33. The number of amides is 1. The maximum atomic E-state index is 11.9. The first kappa shape index (κ1) is 25.4. The number of hydrogen-bond donors (Lipinski definition) is 3. The second-order valence-corrected chi connectivity index (χ2v) is 8.55. The molecule has 26 heavy (non-hydrogen) atoms. The van der Waals surface area contributed by atoms with Crippen molar-refractivity contribution >= 4 is 35.8 Å². The van der Waals surface area contributed by atoms with Gasteiger partial charge in [-0.2, -0.15) is 0 Å². The Bertz CT molecular complexity index is 467. The molecule has 3 N–H and O–H groups in total. The number of nitrogens with one attached hydrogen (secondary N) is 3. The molecular formula is C18H38IN5O2. The Morgan fingerprint density at radius 3 is 2.12 bits per heavy atom. The van der Waals surface area contributed by atoms with Crippen molar-refractivity contribution in [3.8, 4) is 0 Å². The van der Waals surface area contributed by atoms with Gasteiger partial charge in [-0.15, -0.1) is 24.0 Å². The summed E-state index contributed by atoms with van der Waals surface area (Å²) in [5.74, 6) is 0.581. The van der Waals surface area contributed by atoms with Gasteiger partial charge in [0.05, 0.1) is 18.8 Å². The van der Waals surface area contributed by atoms with Crippen molar-refractivity contribution in [2.75, 3.05) is 33.2 Å². The number of guanidine groups is 1. The summed E-state index contributed by atoms with van der Waals surface area (Å²) in [6, 6.07) is 0. The zero-order valence-electron chi connectivity index (χ0n) is 17.6. The molecule has 0 aromatic carbocycles. The Labute approximate surface area is 176 Å². The molecule has 0 saturated carbocycles. The lowest BCUT2D eigenvalue weighted by Gasteiger charge is -2.45. The Morgan fingerprint density at radius 2 is 1.65 bits per heavy atom. The molecule has 1 aliphatic rings. The molecule has 2 atom stereocenters. The van der Waals surface area contributed by atoms with E-state index in [4.69, 9.17) is 4.74 Å².